The second-order valence-electron chi connectivity index (χ2n) is 6.04. The van der Waals surface area contributed by atoms with Crippen LogP contribution in [0.5, 0.6) is 5.75 Å². The molecule has 0 saturated carbocycles. The lowest BCUT2D eigenvalue weighted by Crippen LogP contribution is -2.07. The highest BCUT2D eigenvalue weighted by Gasteiger charge is 2.15. The van der Waals surface area contributed by atoms with Gasteiger partial charge in [-0.15, -0.1) is 16.8 Å². The van der Waals surface area contributed by atoms with Crippen molar-refractivity contribution in [3.63, 3.8) is 0 Å². The normalized spacial score (nSPS) is 10.6. The Hall–Kier alpha value is -2.57. The number of hydrogen-bond acceptors (Lipinski definition) is 5. The number of thioether (sulfide) groups is 1. The molecule has 3 aromatic rings. The number of ketones is 1. The maximum atomic E-state index is 12.4. The molecule has 0 fully saturated rings. The molecule has 0 radical (unpaired) electrons. The number of hydrogen-bond donors (Lipinski definition) is 0. The van der Waals surface area contributed by atoms with Crippen LogP contribution in [0.4, 0.5) is 0 Å². The molecule has 3 rings (SSSR count). The van der Waals surface area contributed by atoms with E-state index in [2.05, 4.69) is 16.8 Å². The summed E-state index contributed by atoms with van der Waals surface area (Å²) in [5.41, 5.74) is 1.73. The summed E-state index contributed by atoms with van der Waals surface area (Å²) in [6, 6.07) is 14.7. The van der Waals surface area contributed by atoms with E-state index in [0.29, 0.717) is 28.7 Å². The Labute approximate surface area is 173 Å². The summed E-state index contributed by atoms with van der Waals surface area (Å²) in [7, 11) is 1.64. The average molecular weight is 414 g/mol. The van der Waals surface area contributed by atoms with E-state index < -0.39 is 0 Å². The number of methoxy groups -OCH3 is 1. The van der Waals surface area contributed by atoms with Crippen molar-refractivity contribution in [3.8, 4) is 5.75 Å². The first-order chi connectivity index (χ1) is 13.6. The van der Waals surface area contributed by atoms with Gasteiger partial charge in [-0.05, 0) is 42.0 Å². The maximum absolute atomic E-state index is 12.4. The zero-order chi connectivity index (χ0) is 19.9. The van der Waals surface area contributed by atoms with E-state index in [0.717, 1.165) is 17.1 Å². The second-order valence-corrected chi connectivity index (χ2v) is 7.42. The van der Waals surface area contributed by atoms with Crippen molar-refractivity contribution in [1.29, 1.82) is 0 Å². The Morgan fingerprint density at radius 2 is 1.89 bits per heavy atom. The van der Waals surface area contributed by atoms with Gasteiger partial charge in [0.2, 0.25) is 0 Å². The molecule has 1 heterocycles. The van der Waals surface area contributed by atoms with Crippen molar-refractivity contribution in [2.75, 3.05) is 12.9 Å². The summed E-state index contributed by atoms with van der Waals surface area (Å²) in [5, 5.41) is 9.90. The van der Waals surface area contributed by atoms with Crippen LogP contribution in [-0.4, -0.2) is 33.4 Å². The lowest BCUT2D eigenvalue weighted by Gasteiger charge is -2.08. The minimum absolute atomic E-state index is 0.0199. The molecule has 0 aliphatic heterocycles. The Bertz CT molecular complexity index is 953. The van der Waals surface area contributed by atoms with Gasteiger partial charge in [0.1, 0.15) is 11.6 Å². The first-order valence-corrected chi connectivity index (χ1v) is 10.0. The SMILES string of the molecule is C=CCn1c(Cc2ccc(OC)cc2)nnc1SCC(=O)c1ccc(Cl)cc1. The number of allylic oxidation sites excluding steroid dienone is 1. The molecule has 0 spiro atoms. The van der Waals surface area contributed by atoms with Gasteiger partial charge in [0.05, 0.1) is 12.9 Å². The van der Waals surface area contributed by atoms with Gasteiger partial charge in [0.15, 0.2) is 10.9 Å². The zero-order valence-electron chi connectivity index (χ0n) is 15.5. The summed E-state index contributed by atoms with van der Waals surface area (Å²) in [6.45, 7) is 4.40. The predicted octanol–water partition coefficient (Wildman–Crippen LogP) is 4.69. The summed E-state index contributed by atoms with van der Waals surface area (Å²) in [4.78, 5) is 12.4. The van der Waals surface area contributed by atoms with E-state index in [9.17, 15) is 4.79 Å². The standard InChI is InChI=1S/C21H20ClN3O2S/c1-3-12-25-20(13-15-4-10-18(27-2)11-5-15)23-24-21(25)28-14-19(26)16-6-8-17(22)9-7-16/h3-11H,1,12-14H2,2H3. The van der Waals surface area contributed by atoms with E-state index in [4.69, 9.17) is 16.3 Å². The minimum Gasteiger partial charge on any atom is -0.497 e. The molecule has 0 amide bonds. The van der Waals surface area contributed by atoms with Crippen LogP contribution in [0.2, 0.25) is 5.02 Å². The smallest absolute Gasteiger partial charge is 0.191 e. The van der Waals surface area contributed by atoms with Gasteiger partial charge >= 0.3 is 0 Å². The highest BCUT2D eigenvalue weighted by Crippen LogP contribution is 2.21. The molecule has 0 unspecified atom stereocenters. The molecule has 0 N–H and O–H groups in total. The molecule has 0 aliphatic carbocycles. The van der Waals surface area contributed by atoms with E-state index >= 15 is 0 Å². The Morgan fingerprint density at radius 3 is 2.54 bits per heavy atom. The van der Waals surface area contributed by atoms with Gasteiger partial charge in [-0.25, -0.2) is 0 Å². The number of rotatable bonds is 9. The number of Topliss-reactive ketones (excluding diaryl/α,β-unsaturated/α-hetero) is 1. The van der Waals surface area contributed by atoms with Gasteiger partial charge in [0, 0.05) is 23.6 Å². The molecule has 1 aromatic heterocycles. The quantitative estimate of drug-likeness (QED) is 0.289. The lowest BCUT2D eigenvalue weighted by atomic mass is 10.1. The molecule has 0 saturated heterocycles. The van der Waals surface area contributed by atoms with Crippen LogP contribution >= 0.6 is 23.4 Å². The summed E-state index contributed by atoms with van der Waals surface area (Å²) in [5.74, 6) is 1.94. The summed E-state index contributed by atoms with van der Waals surface area (Å²) in [6.07, 6.45) is 2.43. The average Bonchev–Trinajstić information content (AvgIpc) is 3.09. The van der Waals surface area contributed by atoms with Crippen molar-refractivity contribution in [2.45, 2.75) is 18.1 Å². The van der Waals surface area contributed by atoms with Gasteiger partial charge in [-0.1, -0.05) is 41.6 Å². The number of aromatic nitrogens is 3. The number of nitrogens with zero attached hydrogens (tertiary/aromatic N) is 3. The first kappa shape index (κ1) is 20.2. The van der Waals surface area contributed by atoms with Crippen LogP contribution in [0, 0.1) is 0 Å². The molecule has 28 heavy (non-hydrogen) atoms. The van der Waals surface area contributed by atoms with Crippen molar-refractivity contribution in [1.82, 2.24) is 14.8 Å². The number of ether oxygens (including phenoxy) is 1. The van der Waals surface area contributed by atoms with Crippen molar-refractivity contribution < 1.29 is 9.53 Å². The van der Waals surface area contributed by atoms with Crippen LogP contribution in [0.25, 0.3) is 0 Å². The number of benzene rings is 2. The van der Waals surface area contributed by atoms with Gasteiger partial charge in [0.25, 0.3) is 0 Å². The van der Waals surface area contributed by atoms with Crippen molar-refractivity contribution in [3.05, 3.63) is 83.2 Å². The third-order valence-electron chi connectivity index (χ3n) is 4.12. The molecule has 0 atom stereocenters. The third kappa shape index (κ3) is 5.03. The molecule has 0 bridgehead atoms. The van der Waals surface area contributed by atoms with Gasteiger partial charge in [-0.2, -0.15) is 0 Å². The van der Waals surface area contributed by atoms with Crippen LogP contribution in [0.1, 0.15) is 21.7 Å². The molecule has 2 aromatic carbocycles. The fourth-order valence-electron chi connectivity index (χ4n) is 2.64. The van der Waals surface area contributed by atoms with Crippen LogP contribution in [-0.2, 0) is 13.0 Å². The molecule has 7 heteroatoms. The molecular weight excluding hydrogens is 394 g/mol. The lowest BCUT2D eigenvalue weighted by molar-refractivity contribution is 0.102. The largest absolute Gasteiger partial charge is 0.497 e. The zero-order valence-corrected chi connectivity index (χ0v) is 17.0. The summed E-state index contributed by atoms with van der Waals surface area (Å²) >= 11 is 7.25. The highest BCUT2D eigenvalue weighted by molar-refractivity contribution is 7.99. The first-order valence-electron chi connectivity index (χ1n) is 8.68. The van der Waals surface area contributed by atoms with Crippen LogP contribution < -0.4 is 4.74 Å². The van der Waals surface area contributed by atoms with E-state index in [-0.39, 0.29) is 11.5 Å². The number of halogens is 1. The molecule has 144 valence electrons. The molecule has 5 nitrogen and oxygen atoms in total. The predicted molar refractivity (Wildman–Crippen MR) is 113 cm³/mol. The molecule has 0 aliphatic rings. The highest BCUT2D eigenvalue weighted by atomic mass is 35.5. The topological polar surface area (TPSA) is 57.0 Å². The number of carbonyl (C=O) groups excluding carboxylic acids is 1. The second kappa shape index (κ2) is 9.57. The maximum Gasteiger partial charge on any atom is 0.191 e. The monoisotopic (exact) mass is 413 g/mol. The number of carbonyl (C=O) groups is 1. The minimum atomic E-state index is 0.0199. The van der Waals surface area contributed by atoms with E-state index in [1.54, 1.807) is 37.5 Å². The van der Waals surface area contributed by atoms with E-state index in [1.165, 1.54) is 11.8 Å². The van der Waals surface area contributed by atoms with Crippen LogP contribution in [0.3, 0.4) is 0 Å². The fraction of sp³-hybridized carbons (Fsp3) is 0.190. The Morgan fingerprint density at radius 1 is 1.18 bits per heavy atom. The summed E-state index contributed by atoms with van der Waals surface area (Å²) < 4.78 is 7.18. The van der Waals surface area contributed by atoms with Crippen molar-refractivity contribution in [2.24, 2.45) is 0 Å². The van der Waals surface area contributed by atoms with Crippen LogP contribution in [0.15, 0.2) is 66.3 Å². The van der Waals surface area contributed by atoms with Gasteiger partial charge < -0.3 is 9.30 Å². The van der Waals surface area contributed by atoms with Gasteiger partial charge in [-0.3, -0.25) is 4.79 Å². The Kier molecular flexibility index (Phi) is 6.90. The molecular formula is C21H20ClN3O2S. The Balaban J connectivity index is 1.71. The van der Waals surface area contributed by atoms with Crippen molar-refractivity contribution >= 4 is 29.1 Å². The third-order valence-corrected chi connectivity index (χ3v) is 5.34. The fourth-order valence-corrected chi connectivity index (χ4v) is 3.63. The van der Waals surface area contributed by atoms with E-state index in [1.807, 2.05) is 28.8 Å².